The summed E-state index contributed by atoms with van der Waals surface area (Å²) >= 11 is 1.51. The van der Waals surface area contributed by atoms with Crippen molar-refractivity contribution in [1.29, 1.82) is 0 Å². The lowest BCUT2D eigenvalue weighted by molar-refractivity contribution is -0.145. The minimum absolute atomic E-state index is 0.158. The largest absolute Gasteiger partial charge is 0.459 e. The molecule has 0 fully saturated rings. The molecule has 0 saturated heterocycles. The molecule has 2 heterocycles. The molecule has 0 aliphatic heterocycles. The Hall–Kier alpha value is -1.75. The number of aromatic nitrogens is 2. The van der Waals surface area contributed by atoms with Crippen molar-refractivity contribution in [3.8, 4) is 10.7 Å². The molecule has 0 spiro atoms. The van der Waals surface area contributed by atoms with Gasteiger partial charge >= 0.3 is 5.97 Å². The lowest BCUT2D eigenvalue weighted by Crippen LogP contribution is -2.04. The second-order valence-corrected chi connectivity index (χ2v) is 4.98. The van der Waals surface area contributed by atoms with Gasteiger partial charge in [-0.15, -0.1) is 11.3 Å². The molecular weight excluding hydrogens is 260 g/mol. The number of thiazole rings is 1. The highest BCUT2D eigenvalue weighted by Crippen LogP contribution is 2.21. The minimum Gasteiger partial charge on any atom is -0.459 e. The van der Waals surface area contributed by atoms with E-state index in [-0.39, 0.29) is 12.6 Å². The minimum atomic E-state index is -0.158. The molecule has 0 unspecified atom stereocenters. The van der Waals surface area contributed by atoms with Gasteiger partial charge in [0.1, 0.15) is 11.6 Å². The first-order valence-corrected chi connectivity index (χ1v) is 7.19. The first-order valence-electron chi connectivity index (χ1n) is 6.31. The van der Waals surface area contributed by atoms with Crippen LogP contribution >= 0.6 is 11.3 Å². The quantitative estimate of drug-likeness (QED) is 0.758. The molecular formula is C14H16N2O2S. The average molecular weight is 276 g/mol. The maximum atomic E-state index is 11.4. The van der Waals surface area contributed by atoms with Crippen molar-refractivity contribution in [2.75, 3.05) is 0 Å². The van der Waals surface area contributed by atoms with Crippen molar-refractivity contribution in [2.24, 2.45) is 0 Å². The summed E-state index contributed by atoms with van der Waals surface area (Å²) in [5, 5.41) is 2.75. The highest BCUT2D eigenvalue weighted by molar-refractivity contribution is 7.13. The lowest BCUT2D eigenvalue weighted by atomic mass is 10.2. The second kappa shape index (κ2) is 6.99. The highest BCUT2D eigenvalue weighted by atomic mass is 32.1. The highest BCUT2D eigenvalue weighted by Gasteiger charge is 2.08. The van der Waals surface area contributed by atoms with Crippen LogP contribution in [0.1, 0.15) is 31.9 Å². The third-order valence-corrected chi connectivity index (χ3v) is 3.46. The summed E-state index contributed by atoms with van der Waals surface area (Å²) in [5.74, 6) is -0.158. The molecule has 0 amide bonds. The summed E-state index contributed by atoms with van der Waals surface area (Å²) in [4.78, 5) is 20.0. The van der Waals surface area contributed by atoms with Gasteiger partial charge in [-0.25, -0.2) is 4.98 Å². The van der Waals surface area contributed by atoms with Crippen molar-refractivity contribution in [1.82, 2.24) is 9.97 Å². The van der Waals surface area contributed by atoms with E-state index < -0.39 is 0 Å². The van der Waals surface area contributed by atoms with Crippen LogP contribution in [0.25, 0.3) is 10.7 Å². The summed E-state index contributed by atoms with van der Waals surface area (Å²) in [5.41, 5.74) is 1.62. The van der Waals surface area contributed by atoms with Crippen LogP contribution in [0.2, 0.25) is 0 Å². The monoisotopic (exact) mass is 276 g/mol. The first kappa shape index (κ1) is 13.7. The Morgan fingerprint density at radius 1 is 1.42 bits per heavy atom. The summed E-state index contributed by atoms with van der Waals surface area (Å²) < 4.78 is 5.16. The summed E-state index contributed by atoms with van der Waals surface area (Å²) in [6, 6.07) is 5.71. The van der Waals surface area contributed by atoms with Gasteiger partial charge in [0, 0.05) is 18.0 Å². The molecule has 0 aromatic carbocycles. The van der Waals surface area contributed by atoms with Gasteiger partial charge in [0.25, 0.3) is 0 Å². The first-order chi connectivity index (χ1) is 9.29. The van der Waals surface area contributed by atoms with Gasteiger partial charge in [-0.1, -0.05) is 19.4 Å². The zero-order valence-electron chi connectivity index (χ0n) is 10.8. The second-order valence-electron chi connectivity index (χ2n) is 4.12. The Bertz CT molecular complexity index is 525. The van der Waals surface area contributed by atoms with Crippen molar-refractivity contribution < 1.29 is 9.53 Å². The number of hydrogen-bond acceptors (Lipinski definition) is 5. The topological polar surface area (TPSA) is 52.1 Å². The SMILES string of the molecule is CCCCC(=O)OCc1csc(-c2ccccn2)n1. The van der Waals surface area contributed by atoms with E-state index in [0.29, 0.717) is 6.42 Å². The Balaban J connectivity index is 1.90. The van der Waals surface area contributed by atoms with Crippen molar-refractivity contribution in [2.45, 2.75) is 32.8 Å². The van der Waals surface area contributed by atoms with Crippen LogP contribution in [0.15, 0.2) is 29.8 Å². The molecule has 19 heavy (non-hydrogen) atoms. The van der Waals surface area contributed by atoms with E-state index in [4.69, 9.17) is 4.74 Å². The molecule has 0 radical (unpaired) electrons. The lowest BCUT2D eigenvalue weighted by Gasteiger charge is -2.01. The molecule has 0 aliphatic carbocycles. The molecule has 100 valence electrons. The van der Waals surface area contributed by atoms with Gasteiger partial charge in [0.2, 0.25) is 0 Å². The van der Waals surface area contributed by atoms with Gasteiger partial charge < -0.3 is 4.74 Å². The van der Waals surface area contributed by atoms with Crippen LogP contribution < -0.4 is 0 Å². The van der Waals surface area contributed by atoms with E-state index in [9.17, 15) is 4.79 Å². The number of ether oxygens (including phenoxy) is 1. The summed E-state index contributed by atoms with van der Waals surface area (Å²) in [6.45, 7) is 2.29. The number of hydrogen-bond donors (Lipinski definition) is 0. The van der Waals surface area contributed by atoms with Gasteiger partial charge in [0.15, 0.2) is 0 Å². The Labute approximate surface area is 116 Å². The number of esters is 1. The maximum absolute atomic E-state index is 11.4. The van der Waals surface area contributed by atoms with Crippen LogP contribution in [-0.4, -0.2) is 15.9 Å². The molecule has 0 aliphatic rings. The molecule has 4 nitrogen and oxygen atoms in total. The number of nitrogens with zero attached hydrogens (tertiary/aromatic N) is 2. The predicted molar refractivity (Wildman–Crippen MR) is 74.7 cm³/mol. The fourth-order valence-electron chi connectivity index (χ4n) is 1.53. The molecule has 0 bridgehead atoms. The molecule has 5 heteroatoms. The third-order valence-electron chi connectivity index (χ3n) is 2.55. The molecule has 0 saturated carbocycles. The number of rotatable bonds is 6. The number of carbonyl (C=O) groups is 1. The maximum Gasteiger partial charge on any atom is 0.306 e. The van der Waals surface area contributed by atoms with E-state index in [2.05, 4.69) is 9.97 Å². The van der Waals surface area contributed by atoms with E-state index in [1.807, 2.05) is 30.5 Å². The zero-order chi connectivity index (χ0) is 13.5. The third kappa shape index (κ3) is 4.13. The molecule has 2 rings (SSSR count). The molecule has 2 aromatic rings. The van der Waals surface area contributed by atoms with Crippen LogP contribution in [0.5, 0.6) is 0 Å². The Morgan fingerprint density at radius 2 is 2.32 bits per heavy atom. The van der Waals surface area contributed by atoms with Crippen LogP contribution in [0.4, 0.5) is 0 Å². The Morgan fingerprint density at radius 3 is 3.05 bits per heavy atom. The smallest absolute Gasteiger partial charge is 0.306 e. The predicted octanol–water partition coefficient (Wildman–Crippen LogP) is 3.44. The van der Waals surface area contributed by atoms with Crippen LogP contribution in [0.3, 0.4) is 0 Å². The fraction of sp³-hybridized carbons (Fsp3) is 0.357. The normalized spacial score (nSPS) is 10.4. The van der Waals surface area contributed by atoms with Gasteiger partial charge in [-0.2, -0.15) is 0 Å². The Kier molecular flexibility index (Phi) is 5.03. The van der Waals surface area contributed by atoms with Crippen LogP contribution in [0, 0.1) is 0 Å². The van der Waals surface area contributed by atoms with E-state index in [0.717, 1.165) is 29.2 Å². The summed E-state index contributed by atoms with van der Waals surface area (Å²) in [6.07, 6.45) is 4.08. The number of carbonyl (C=O) groups excluding carboxylic acids is 1. The molecule has 0 atom stereocenters. The number of unbranched alkanes of at least 4 members (excludes halogenated alkanes) is 1. The fourth-order valence-corrected chi connectivity index (χ4v) is 2.31. The van der Waals surface area contributed by atoms with E-state index in [1.165, 1.54) is 11.3 Å². The summed E-state index contributed by atoms with van der Waals surface area (Å²) in [7, 11) is 0. The van der Waals surface area contributed by atoms with Crippen molar-refractivity contribution >= 4 is 17.3 Å². The zero-order valence-corrected chi connectivity index (χ0v) is 11.7. The van der Waals surface area contributed by atoms with Gasteiger partial charge in [-0.3, -0.25) is 9.78 Å². The molecule has 0 N–H and O–H groups in total. The van der Waals surface area contributed by atoms with E-state index >= 15 is 0 Å². The van der Waals surface area contributed by atoms with Crippen LogP contribution in [-0.2, 0) is 16.1 Å². The standard InChI is InChI=1S/C14H16N2O2S/c1-2-3-7-13(17)18-9-11-10-19-14(16-11)12-6-4-5-8-15-12/h4-6,8,10H,2-3,7,9H2,1H3. The van der Waals surface area contributed by atoms with Gasteiger partial charge in [0.05, 0.1) is 11.4 Å². The van der Waals surface area contributed by atoms with Gasteiger partial charge in [-0.05, 0) is 18.6 Å². The van der Waals surface area contributed by atoms with Crippen molar-refractivity contribution in [3.05, 3.63) is 35.5 Å². The number of pyridine rings is 1. The average Bonchev–Trinajstić information content (AvgIpc) is 2.93. The molecule has 2 aromatic heterocycles. The van der Waals surface area contributed by atoms with Crippen molar-refractivity contribution in [3.63, 3.8) is 0 Å². The van der Waals surface area contributed by atoms with E-state index in [1.54, 1.807) is 6.20 Å².